The van der Waals surface area contributed by atoms with Crippen LogP contribution in [0.25, 0.3) is 27.9 Å². The van der Waals surface area contributed by atoms with Gasteiger partial charge in [0, 0.05) is 47.6 Å². The fourth-order valence-corrected chi connectivity index (χ4v) is 3.91. The average Bonchev–Trinajstić information content (AvgIpc) is 3.61. The second-order valence-corrected chi connectivity index (χ2v) is 9.75. The lowest BCUT2D eigenvalue weighted by Crippen LogP contribution is -2.24. The first-order valence-corrected chi connectivity index (χ1v) is 11.8. The van der Waals surface area contributed by atoms with Gasteiger partial charge in [0.2, 0.25) is 5.89 Å². The first-order valence-electron chi connectivity index (χ1n) is 11.8. The van der Waals surface area contributed by atoms with Crippen LogP contribution in [0.4, 0.5) is 0 Å². The molecule has 1 amide bonds. The molecular weight excluding hydrogens is 492 g/mol. The zero-order valence-corrected chi connectivity index (χ0v) is 22.2. The number of aryl methyl sites for hydroxylation is 2. The van der Waals surface area contributed by atoms with Crippen LogP contribution in [0.15, 0.2) is 53.7 Å². The highest BCUT2D eigenvalue weighted by Gasteiger charge is 2.24. The number of amides is 1. The van der Waals surface area contributed by atoms with Crippen molar-refractivity contribution in [1.29, 1.82) is 0 Å². The van der Waals surface area contributed by atoms with E-state index in [1.807, 2.05) is 67.6 Å². The Morgan fingerprint density at radius 3 is 2.57 bits per heavy atom. The van der Waals surface area contributed by atoms with Gasteiger partial charge in [0.1, 0.15) is 6.33 Å². The molecule has 11 heteroatoms. The van der Waals surface area contributed by atoms with Crippen LogP contribution in [0, 0.1) is 6.92 Å². The minimum Gasteiger partial charge on any atom is -0.345 e. The Bertz CT molecular complexity index is 1560. The Morgan fingerprint density at radius 2 is 1.89 bits per heavy atom. The van der Waals surface area contributed by atoms with E-state index in [0.29, 0.717) is 12.4 Å². The average molecular weight is 521 g/mol. The van der Waals surface area contributed by atoms with Gasteiger partial charge in [-0.25, -0.2) is 9.50 Å². The van der Waals surface area contributed by atoms with Crippen molar-refractivity contribution < 1.29 is 9.32 Å². The SMILES string of the molecule is CCn1cc(-c2cc3c(-c4ccc(CNC(=O)c5noc(C(C)(C)C)n5)c(C)c4)ncnn3c2)cn1.Cl. The number of hydrogen-bond acceptors (Lipinski definition) is 7. The molecule has 5 rings (SSSR count). The molecule has 0 spiro atoms. The second-order valence-electron chi connectivity index (χ2n) is 9.75. The summed E-state index contributed by atoms with van der Waals surface area (Å²) in [5.74, 6) is 0.0884. The third-order valence-electron chi connectivity index (χ3n) is 6.02. The van der Waals surface area contributed by atoms with Crippen LogP contribution in [0.3, 0.4) is 0 Å². The molecule has 0 saturated heterocycles. The van der Waals surface area contributed by atoms with Crippen LogP contribution in [-0.2, 0) is 18.5 Å². The maximum atomic E-state index is 12.5. The Hall–Kier alpha value is -4.05. The van der Waals surface area contributed by atoms with Gasteiger partial charge in [-0.2, -0.15) is 15.2 Å². The predicted octanol–water partition coefficient (Wildman–Crippen LogP) is 4.62. The lowest BCUT2D eigenvalue weighted by molar-refractivity contribution is 0.0937. The lowest BCUT2D eigenvalue weighted by atomic mass is 9.97. The Balaban J connectivity index is 0.00000320. The van der Waals surface area contributed by atoms with Gasteiger partial charge >= 0.3 is 0 Å². The molecule has 0 radical (unpaired) electrons. The summed E-state index contributed by atoms with van der Waals surface area (Å²) >= 11 is 0. The molecule has 37 heavy (non-hydrogen) atoms. The van der Waals surface area contributed by atoms with Crippen LogP contribution in [0.5, 0.6) is 0 Å². The summed E-state index contributed by atoms with van der Waals surface area (Å²) in [6, 6.07) is 8.14. The molecule has 4 heterocycles. The number of fused-ring (bicyclic) bond motifs is 1. The normalized spacial score (nSPS) is 11.5. The van der Waals surface area contributed by atoms with E-state index in [9.17, 15) is 4.79 Å². The van der Waals surface area contributed by atoms with Crippen molar-refractivity contribution in [2.75, 3.05) is 0 Å². The highest BCUT2D eigenvalue weighted by atomic mass is 35.5. The molecule has 4 aromatic heterocycles. The molecule has 0 fully saturated rings. The van der Waals surface area contributed by atoms with Crippen molar-refractivity contribution in [1.82, 2.24) is 39.8 Å². The van der Waals surface area contributed by atoms with Crippen molar-refractivity contribution in [3.05, 3.63) is 72.0 Å². The van der Waals surface area contributed by atoms with E-state index in [1.165, 1.54) is 0 Å². The number of carbonyl (C=O) groups excluding carboxylic acids is 1. The maximum absolute atomic E-state index is 12.5. The zero-order chi connectivity index (χ0) is 25.4. The van der Waals surface area contributed by atoms with Crippen LogP contribution in [0.1, 0.15) is 55.3 Å². The number of aromatic nitrogens is 7. The van der Waals surface area contributed by atoms with Crippen LogP contribution in [-0.4, -0.2) is 40.4 Å². The van der Waals surface area contributed by atoms with Crippen molar-refractivity contribution in [2.24, 2.45) is 0 Å². The molecule has 0 bridgehead atoms. The standard InChI is InChI=1S/C26H28N8O2.ClH/c1-6-33-13-20(12-29-33)19-10-21-22(28-15-30-34(21)14-19)17-7-8-18(16(2)9-17)11-27-24(35)23-31-25(36-32-23)26(3,4)5;/h7-10,12-15H,6,11H2,1-5H3,(H,27,35);1H. The first-order chi connectivity index (χ1) is 17.2. The number of halogens is 1. The highest BCUT2D eigenvalue weighted by molar-refractivity contribution is 5.90. The van der Waals surface area contributed by atoms with E-state index < -0.39 is 0 Å². The fraction of sp³-hybridized carbons (Fsp3) is 0.308. The molecule has 0 aliphatic heterocycles. The minimum absolute atomic E-state index is 0. The summed E-state index contributed by atoms with van der Waals surface area (Å²) in [5.41, 5.74) is 6.47. The molecule has 1 N–H and O–H groups in total. The Kier molecular flexibility index (Phi) is 7.13. The topological polar surface area (TPSA) is 116 Å². The number of hydrogen-bond donors (Lipinski definition) is 1. The van der Waals surface area contributed by atoms with Gasteiger partial charge in [-0.15, -0.1) is 12.4 Å². The van der Waals surface area contributed by atoms with Gasteiger partial charge in [0.05, 0.1) is 17.4 Å². The van der Waals surface area contributed by atoms with Gasteiger partial charge in [-0.05, 0) is 37.1 Å². The summed E-state index contributed by atoms with van der Waals surface area (Å²) in [6.45, 7) is 11.1. The summed E-state index contributed by atoms with van der Waals surface area (Å²) < 4.78 is 8.95. The summed E-state index contributed by atoms with van der Waals surface area (Å²) in [4.78, 5) is 21.3. The largest absolute Gasteiger partial charge is 0.345 e. The molecule has 0 unspecified atom stereocenters. The van der Waals surface area contributed by atoms with E-state index in [1.54, 1.807) is 6.33 Å². The minimum atomic E-state index is -0.373. The smallest absolute Gasteiger partial charge is 0.292 e. The van der Waals surface area contributed by atoms with Crippen LogP contribution in [0.2, 0.25) is 0 Å². The van der Waals surface area contributed by atoms with Crippen molar-refractivity contribution in [3.63, 3.8) is 0 Å². The van der Waals surface area contributed by atoms with Crippen LogP contribution >= 0.6 is 12.4 Å². The molecule has 0 aliphatic rings. The van der Waals surface area contributed by atoms with Gasteiger partial charge in [-0.3, -0.25) is 9.48 Å². The predicted molar refractivity (Wildman–Crippen MR) is 141 cm³/mol. The third-order valence-corrected chi connectivity index (χ3v) is 6.02. The fourth-order valence-electron chi connectivity index (χ4n) is 3.91. The van der Waals surface area contributed by atoms with Gasteiger partial charge in [0.15, 0.2) is 0 Å². The molecule has 0 saturated carbocycles. The number of nitrogens with one attached hydrogen (secondary N) is 1. The van der Waals surface area contributed by atoms with E-state index >= 15 is 0 Å². The Morgan fingerprint density at radius 1 is 1.08 bits per heavy atom. The molecule has 5 aromatic rings. The Labute approximate surface area is 220 Å². The van der Waals surface area contributed by atoms with E-state index in [4.69, 9.17) is 4.52 Å². The maximum Gasteiger partial charge on any atom is 0.292 e. The monoisotopic (exact) mass is 520 g/mol. The van der Waals surface area contributed by atoms with Crippen LogP contribution < -0.4 is 5.32 Å². The molecule has 1 aromatic carbocycles. The lowest BCUT2D eigenvalue weighted by Gasteiger charge is -2.10. The van der Waals surface area contributed by atoms with Crippen molar-refractivity contribution >= 4 is 23.8 Å². The second kappa shape index (κ2) is 10.1. The first kappa shape index (κ1) is 26.0. The van der Waals surface area contributed by atoms with Crippen molar-refractivity contribution in [3.8, 4) is 22.4 Å². The van der Waals surface area contributed by atoms with Gasteiger partial charge in [-0.1, -0.05) is 38.1 Å². The molecular formula is C26H29ClN8O2. The quantitative estimate of drug-likeness (QED) is 0.347. The van der Waals surface area contributed by atoms with Crippen molar-refractivity contribution in [2.45, 2.75) is 53.1 Å². The van der Waals surface area contributed by atoms with Gasteiger partial charge in [0.25, 0.3) is 11.7 Å². The van der Waals surface area contributed by atoms with E-state index in [0.717, 1.165) is 45.6 Å². The highest BCUT2D eigenvalue weighted by Crippen LogP contribution is 2.29. The third kappa shape index (κ3) is 5.24. The number of nitrogens with zero attached hydrogens (tertiary/aromatic N) is 7. The summed E-state index contributed by atoms with van der Waals surface area (Å²) in [5, 5.41) is 15.4. The molecule has 192 valence electrons. The number of carbonyl (C=O) groups is 1. The molecule has 0 atom stereocenters. The summed E-state index contributed by atoms with van der Waals surface area (Å²) in [6.07, 6.45) is 7.42. The summed E-state index contributed by atoms with van der Waals surface area (Å²) in [7, 11) is 0. The van der Waals surface area contributed by atoms with E-state index in [-0.39, 0.29) is 29.6 Å². The zero-order valence-electron chi connectivity index (χ0n) is 21.4. The number of benzene rings is 1. The molecule has 0 aliphatic carbocycles. The van der Waals surface area contributed by atoms with E-state index in [2.05, 4.69) is 49.7 Å². The number of rotatable bonds is 6. The molecule has 10 nitrogen and oxygen atoms in total. The van der Waals surface area contributed by atoms with Gasteiger partial charge < -0.3 is 9.84 Å².